The Hall–Kier alpha value is -0.960. The molecule has 0 aromatic heterocycles. The minimum atomic E-state index is -0.0368. The second-order valence-electron chi connectivity index (χ2n) is 6.27. The van der Waals surface area contributed by atoms with Gasteiger partial charge in [0.1, 0.15) is 0 Å². The van der Waals surface area contributed by atoms with Gasteiger partial charge in [0.15, 0.2) is 0 Å². The van der Waals surface area contributed by atoms with Gasteiger partial charge >= 0.3 is 6.03 Å². The lowest BCUT2D eigenvalue weighted by molar-refractivity contribution is -0.121. The van der Waals surface area contributed by atoms with Gasteiger partial charge in [-0.1, -0.05) is 18.6 Å². The SMILES string of the molecule is O=C(CCCC[C@@H]1SC[C@@H]2NC(=O)N[C@@H]21)NCc1ccc([125I])cc1. The van der Waals surface area contributed by atoms with Crippen LogP contribution in [-0.4, -0.2) is 35.0 Å². The number of rotatable bonds is 7. The highest BCUT2D eigenvalue weighted by molar-refractivity contribution is 14.1. The molecule has 3 atom stereocenters. The monoisotopic (exact) mass is 457 g/mol. The van der Waals surface area contributed by atoms with Crippen molar-refractivity contribution < 1.29 is 9.59 Å². The number of hydrogen-bond acceptors (Lipinski definition) is 3. The lowest BCUT2D eigenvalue weighted by Gasteiger charge is -2.16. The molecular formula is C17H22IN3O2S. The third-order valence-electron chi connectivity index (χ3n) is 4.48. The number of benzene rings is 1. The van der Waals surface area contributed by atoms with E-state index in [0.717, 1.165) is 30.6 Å². The number of fused-ring (bicyclic) bond motifs is 1. The Bertz CT molecular complexity index is 596. The van der Waals surface area contributed by atoms with Crippen LogP contribution in [0.25, 0.3) is 0 Å². The number of hydrogen-bond donors (Lipinski definition) is 3. The number of carbonyl (C=O) groups is 2. The van der Waals surface area contributed by atoms with E-state index >= 15 is 0 Å². The number of nitrogens with one attached hydrogen (secondary N) is 3. The Kier molecular flexibility index (Phi) is 6.26. The second kappa shape index (κ2) is 8.42. The van der Waals surface area contributed by atoms with E-state index in [9.17, 15) is 9.59 Å². The summed E-state index contributed by atoms with van der Waals surface area (Å²) in [5.41, 5.74) is 1.13. The molecule has 3 N–H and O–H groups in total. The summed E-state index contributed by atoms with van der Waals surface area (Å²) in [4.78, 5) is 23.3. The van der Waals surface area contributed by atoms with Gasteiger partial charge in [-0.15, -0.1) is 0 Å². The van der Waals surface area contributed by atoms with Crippen LogP contribution in [0.3, 0.4) is 0 Å². The maximum Gasteiger partial charge on any atom is 0.315 e. The molecule has 2 saturated heterocycles. The lowest BCUT2D eigenvalue weighted by Crippen LogP contribution is -2.36. The Morgan fingerprint density at radius 1 is 1.25 bits per heavy atom. The summed E-state index contributed by atoms with van der Waals surface area (Å²) in [6.07, 6.45) is 3.54. The Morgan fingerprint density at radius 2 is 2.04 bits per heavy atom. The molecule has 2 aliphatic rings. The summed E-state index contributed by atoms with van der Waals surface area (Å²) < 4.78 is 1.20. The van der Waals surface area contributed by atoms with E-state index in [4.69, 9.17) is 0 Å². The lowest BCUT2D eigenvalue weighted by atomic mass is 10.0. The number of unbranched alkanes of at least 4 members (excludes halogenated alkanes) is 1. The first-order valence-corrected chi connectivity index (χ1v) is 10.4. The van der Waals surface area contributed by atoms with Crippen LogP contribution in [-0.2, 0) is 11.3 Å². The van der Waals surface area contributed by atoms with Gasteiger partial charge in [-0.05, 0) is 53.1 Å². The summed E-state index contributed by atoms with van der Waals surface area (Å²) in [7, 11) is 0. The van der Waals surface area contributed by atoms with Gasteiger partial charge in [0, 0.05) is 27.5 Å². The quantitative estimate of drug-likeness (QED) is 0.335. The average molecular weight is 457 g/mol. The van der Waals surface area contributed by atoms with Crippen molar-refractivity contribution in [3.63, 3.8) is 0 Å². The van der Waals surface area contributed by atoms with Crippen LogP contribution in [0.2, 0.25) is 0 Å². The molecule has 7 heteroatoms. The molecule has 5 nitrogen and oxygen atoms in total. The van der Waals surface area contributed by atoms with Gasteiger partial charge in [-0.3, -0.25) is 4.79 Å². The highest BCUT2D eigenvalue weighted by Crippen LogP contribution is 2.33. The number of amides is 3. The van der Waals surface area contributed by atoms with Crippen LogP contribution in [0.5, 0.6) is 0 Å². The van der Waals surface area contributed by atoms with Crippen molar-refractivity contribution >= 4 is 46.3 Å². The fourth-order valence-electron chi connectivity index (χ4n) is 3.17. The molecule has 1 aromatic carbocycles. The highest BCUT2D eigenvalue weighted by Gasteiger charge is 2.42. The molecule has 0 radical (unpaired) electrons. The zero-order valence-corrected chi connectivity index (χ0v) is 16.4. The summed E-state index contributed by atoms with van der Waals surface area (Å²) in [5, 5.41) is 9.41. The normalized spacial score (nSPS) is 25.0. The van der Waals surface area contributed by atoms with E-state index in [1.54, 1.807) is 0 Å². The standard InChI is InChI=1S/C17H22IN3O2S/c18-12-7-5-11(6-8-12)9-19-15(22)4-2-1-3-14-16-13(10-24-14)20-17(23)21-16/h5-8,13-14,16H,1-4,9-10H2,(H,19,22)(H2,20,21,23)/t13-,14-,16-/m0/s1/i18-2. The highest BCUT2D eigenvalue weighted by atomic mass is 125. The molecule has 0 spiro atoms. The predicted molar refractivity (Wildman–Crippen MR) is 105 cm³/mol. The molecule has 2 heterocycles. The van der Waals surface area contributed by atoms with Crippen LogP contribution >= 0.6 is 34.4 Å². The summed E-state index contributed by atoms with van der Waals surface area (Å²) in [6.45, 7) is 0.593. The summed E-state index contributed by atoms with van der Waals surface area (Å²) in [6, 6.07) is 8.68. The Morgan fingerprint density at radius 3 is 2.83 bits per heavy atom. The van der Waals surface area contributed by atoms with Crippen LogP contribution in [0, 0.1) is 3.57 Å². The first kappa shape index (κ1) is 17.8. The van der Waals surface area contributed by atoms with E-state index < -0.39 is 0 Å². The number of thioether (sulfide) groups is 1. The van der Waals surface area contributed by atoms with Crippen LogP contribution in [0.1, 0.15) is 31.2 Å². The molecule has 2 aliphatic heterocycles. The zero-order chi connectivity index (χ0) is 16.9. The maximum atomic E-state index is 11.9. The van der Waals surface area contributed by atoms with Crippen molar-refractivity contribution in [3.8, 4) is 0 Å². The number of carbonyl (C=O) groups excluding carboxylic acids is 2. The third-order valence-corrected chi connectivity index (χ3v) is 6.71. The minimum Gasteiger partial charge on any atom is -0.352 e. The topological polar surface area (TPSA) is 70.2 Å². The number of urea groups is 1. The third kappa shape index (κ3) is 4.78. The molecular weight excluding hydrogens is 435 g/mol. The molecule has 0 bridgehead atoms. The van der Waals surface area contributed by atoms with Crippen LogP contribution in [0.15, 0.2) is 24.3 Å². The van der Waals surface area contributed by atoms with Crippen molar-refractivity contribution in [2.45, 2.75) is 49.6 Å². The van der Waals surface area contributed by atoms with E-state index in [0.29, 0.717) is 18.2 Å². The smallest absolute Gasteiger partial charge is 0.315 e. The van der Waals surface area contributed by atoms with Crippen molar-refractivity contribution in [2.75, 3.05) is 5.75 Å². The first-order valence-electron chi connectivity index (χ1n) is 8.31. The molecule has 130 valence electrons. The van der Waals surface area contributed by atoms with Gasteiger partial charge in [-0.25, -0.2) is 4.79 Å². The Balaban J connectivity index is 1.30. The molecule has 0 aliphatic carbocycles. The van der Waals surface area contributed by atoms with Crippen LogP contribution in [0.4, 0.5) is 4.79 Å². The van der Waals surface area contributed by atoms with Crippen molar-refractivity contribution in [2.24, 2.45) is 0 Å². The van der Waals surface area contributed by atoms with Crippen molar-refractivity contribution in [1.29, 1.82) is 0 Å². The van der Waals surface area contributed by atoms with E-state index in [-0.39, 0.29) is 24.0 Å². The molecule has 3 amide bonds. The zero-order valence-electron chi connectivity index (χ0n) is 13.4. The van der Waals surface area contributed by atoms with Gasteiger partial charge in [0.2, 0.25) is 5.91 Å². The summed E-state index contributed by atoms with van der Waals surface area (Å²) in [5.74, 6) is 1.10. The molecule has 3 rings (SSSR count). The van der Waals surface area contributed by atoms with Crippen molar-refractivity contribution in [1.82, 2.24) is 16.0 Å². The molecule has 0 unspecified atom stereocenters. The van der Waals surface area contributed by atoms with Crippen molar-refractivity contribution in [3.05, 3.63) is 33.4 Å². The number of halogens is 1. The maximum absolute atomic E-state index is 11.9. The molecule has 2 fully saturated rings. The van der Waals surface area contributed by atoms with Gasteiger partial charge in [-0.2, -0.15) is 11.8 Å². The van der Waals surface area contributed by atoms with Gasteiger partial charge in [0.05, 0.1) is 12.1 Å². The molecule has 0 saturated carbocycles. The molecule has 1 aromatic rings. The van der Waals surface area contributed by atoms with Crippen LogP contribution < -0.4 is 16.0 Å². The van der Waals surface area contributed by atoms with E-state index in [2.05, 4.69) is 38.5 Å². The summed E-state index contributed by atoms with van der Waals surface area (Å²) >= 11 is 4.20. The van der Waals surface area contributed by atoms with Gasteiger partial charge in [0.25, 0.3) is 0 Å². The minimum absolute atomic E-state index is 0.0368. The largest absolute Gasteiger partial charge is 0.352 e. The van der Waals surface area contributed by atoms with Gasteiger partial charge < -0.3 is 16.0 Å². The van der Waals surface area contributed by atoms with E-state index in [1.165, 1.54) is 3.57 Å². The first-order chi connectivity index (χ1) is 11.6. The predicted octanol–water partition coefficient (Wildman–Crippen LogP) is 2.63. The average Bonchev–Trinajstić information content (AvgIpc) is 3.10. The second-order valence-corrected chi connectivity index (χ2v) is 8.79. The van der Waals surface area contributed by atoms with E-state index in [1.807, 2.05) is 36.0 Å². The Labute approximate surface area is 160 Å². The molecule has 24 heavy (non-hydrogen) atoms. The fraction of sp³-hybridized carbons (Fsp3) is 0.529. The fourth-order valence-corrected chi connectivity index (χ4v) is 5.07.